The molecule has 3 heterocycles. The van der Waals surface area contributed by atoms with E-state index >= 15 is 0 Å². The fraction of sp³-hybridized carbons (Fsp3) is 0.130. The number of aromatic amines is 1. The van der Waals surface area contributed by atoms with Crippen LogP contribution in [-0.4, -0.2) is 35.8 Å². The van der Waals surface area contributed by atoms with Gasteiger partial charge in [-0.2, -0.15) is 18.3 Å². The number of hydrogen-bond acceptors (Lipinski definition) is 5. The number of aromatic nitrogens is 4. The van der Waals surface area contributed by atoms with Gasteiger partial charge in [0.1, 0.15) is 5.82 Å². The first kappa shape index (κ1) is 23.2. The third-order valence-electron chi connectivity index (χ3n) is 5.40. The molecule has 1 saturated heterocycles. The number of imide groups is 1. The van der Waals surface area contributed by atoms with E-state index in [4.69, 9.17) is 11.6 Å². The fourth-order valence-corrected chi connectivity index (χ4v) is 4.77. The Labute approximate surface area is 205 Å². The molecule has 5 rings (SSSR count). The van der Waals surface area contributed by atoms with Gasteiger partial charge in [-0.05, 0) is 53.2 Å². The second-order valence-corrected chi connectivity index (χ2v) is 9.15. The number of imidazole rings is 1. The first-order chi connectivity index (χ1) is 16.7. The summed E-state index contributed by atoms with van der Waals surface area (Å²) in [6, 6.07) is 8.84. The van der Waals surface area contributed by atoms with Gasteiger partial charge in [-0.1, -0.05) is 23.7 Å². The Balaban J connectivity index is 1.40. The van der Waals surface area contributed by atoms with E-state index in [9.17, 15) is 22.8 Å². The van der Waals surface area contributed by atoms with Gasteiger partial charge < -0.3 is 4.98 Å². The van der Waals surface area contributed by atoms with Gasteiger partial charge in [0.25, 0.3) is 11.1 Å². The normalized spacial score (nSPS) is 15.7. The van der Waals surface area contributed by atoms with Crippen molar-refractivity contribution in [3.63, 3.8) is 0 Å². The SMILES string of the molecule is O=C1S/C(=C\c2ccc3c(cnn3Cc3ccc(Cl)cc3C(F)(F)F)c2)C(=O)N1Cc1ncc[nH]1. The van der Waals surface area contributed by atoms with Gasteiger partial charge in [-0.15, -0.1) is 0 Å². The van der Waals surface area contributed by atoms with Crippen molar-refractivity contribution in [3.8, 4) is 0 Å². The number of rotatable bonds is 5. The highest BCUT2D eigenvalue weighted by molar-refractivity contribution is 8.18. The van der Waals surface area contributed by atoms with Crippen molar-refractivity contribution in [1.29, 1.82) is 0 Å². The first-order valence-electron chi connectivity index (χ1n) is 10.2. The quantitative estimate of drug-likeness (QED) is 0.342. The molecule has 1 aliphatic rings. The number of halogens is 4. The molecule has 1 fully saturated rings. The predicted octanol–water partition coefficient (Wildman–Crippen LogP) is 5.72. The van der Waals surface area contributed by atoms with Crippen molar-refractivity contribution in [2.24, 2.45) is 0 Å². The molecule has 0 unspecified atom stereocenters. The van der Waals surface area contributed by atoms with Crippen LogP contribution in [0.4, 0.5) is 18.0 Å². The van der Waals surface area contributed by atoms with Crippen LogP contribution in [-0.2, 0) is 24.1 Å². The van der Waals surface area contributed by atoms with E-state index in [0.29, 0.717) is 22.3 Å². The Kier molecular flexibility index (Phi) is 5.89. The number of fused-ring (bicyclic) bond motifs is 1. The molecule has 1 N–H and O–H groups in total. The molecule has 35 heavy (non-hydrogen) atoms. The molecule has 7 nitrogen and oxygen atoms in total. The second kappa shape index (κ2) is 8.90. The topological polar surface area (TPSA) is 83.9 Å². The Morgan fingerprint density at radius 2 is 1.94 bits per heavy atom. The van der Waals surface area contributed by atoms with Gasteiger partial charge in [0.2, 0.25) is 0 Å². The highest BCUT2D eigenvalue weighted by Gasteiger charge is 2.36. The molecule has 2 aromatic carbocycles. The van der Waals surface area contributed by atoms with Gasteiger partial charge in [0.15, 0.2) is 0 Å². The lowest BCUT2D eigenvalue weighted by Crippen LogP contribution is -2.28. The van der Waals surface area contributed by atoms with Crippen LogP contribution in [0.3, 0.4) is 0 Å². The molecule has 0 radical (unpaired) electrons. The molecule has 2 aromatic heterocycles. The van der Waals surface area contributed by atoms with Crippen LogP contribution >= 0.6 is 23.4 Å². The van der Waals surface area contributed by atoms with Gasteiger partial charge >= 0.3 is 6.18 Å². The Bertz CT molecular complexity index is 1480. The molecule has 178 valence electrons. The fourth-order valence-electron chi connectivity index (χ4n) is 3.75. The van der Waals surface area contributed by atoms with E-state index in [2.05, 4.69) is 15.1 Å². The molecule has 0 spiro atoms. The van der Waals surface area contributed by atoms with E-state index < -0.39 is 22.9 Å². The van der Waals surface area contributed by atoms with Gasteiger partial charge in [0.05, 0.1) is 35.3 Å². The predicted molar refractivity (Wildman–Crippen MR) is 125 cm³/mol. The third-order valence-corrected chi connectivity index (χ3v) is 6.54. The van der Waals surface area contributed by atoms with Crippen molar-refractivity contribution in [2.75, 3.05) is 0 Å². The maximum Gasteiger partial charge on any atom is 0.416 e. The minimum Gasteiger partial charge on any atom is -0.347 e. The summed E-state index contributed by atoms with van der Waals surface area (Å²) in [7, 11) is 0. The van der Waals surface area contributed by atoms with Crippen LogP contribution in [0.2, 0.25) is 5.02 Å². The van der Waals surface area contributed by atoms with Crippen LogP contribution in [0.5, 0.6) is 0 Å². The van der Waals surface area contributed by atoms with E-state index in [0.717, 1.165) is 22.7 Å². The molecule has 4 aromatic rings. The molecular weight excluding hydrogens is 503 g/mol. The summed E-state index contributed by atoms with van der Waals surface area (Å²) in [5, 5.41) is 4.53. The maximum atomic E-state index is 13.5. The summed E-state index contributed by atoms with van der Waals surface area (Å²) in [5.41, 5.74) is 0.510. The molecular formula is C23H15ClF3N5O2S. The van der Waals surface area contributed by atoms with Crippen LogP contribution in [0.1, 0.15) is 22.5 Å². The van der Waals surface area contributed by atoms with Crippen LogP contribution < -0.4 is 0 Å². The Morgan fingerprint density at radius 3 is 2.69 bits per heavy atom. The number of H-pyrrole nitrogens is 1. The number of amides is 2. The average molecular weight is 518 g/mol. The summed E-state index contributed by atoms with van der Waals surface area (Å²) < 4.78 is 41.8. The number of carbonyl (C=O) groups excluding carboxylic acids is 2. The smallest absolute Gasteiger partial charge is 0.347 e. The van der Waals surface area contributed by atoms with Crippen molar-refractivity contribution in [2.45, 2.75) is 19.3 Å². The van der Waals surface area contributed by atoms with E-state index in [1.54, 1.807) is 36.7 Å². The van der Waals surface area contributed by atoms with Gasteiger partial charge in [-0.25, -0.2) is 4.98 Å². The minimum absolute atomic E-state index is 0.00427. The summed E-state index contributed by atoms with van der Waals surface area (Å²) in [6.07, 6.45) is 1.74. The second-order valence-electron chi connectivity index (χ2n) is 7.72. The third kappa shape index (κ3) is 4.69. The largest absolute Gasteiger partial charge is 0.416 e. The molecule has 2 amide bonds. The number of alkyl halides is 3. The van der Waals surface area contributed by atoms with Crippen molar-refractivity contribution >= 4 is 51.5 Å². The zero-order chi connectivity index (χ0) is 24.7. The number of nitrogens with zero attached hydrogens (tertiary/aromatic N) is 4. The Hall–Kier alpha value is -3.57. The average Bonchev–Trinajstić information content (AvgIpc) is 3.52. The van der Waals surface area contributed by atoms with Crippen molar-refractivity contribution < 1.29 is 22.8 Å². The van der Waals surface area contributed by atoms with Crippen molar-refractivity contribution in [1.82, 2.24) is 24.6 Å². The lowest BCUT2D eigenvalue weighted by molar-refractivity contribution is -0.138. The van der Waals surface area contributed by atoms with E-state index in [-0.39, 0.29) is 28.6 Å². The van der Waals surface area contributed by atoms with E-state index in [1.807, 2.05) is 0 Å². The number of benzene rings is 2. The molecule has 0 atom stereocenters. The molecule has 0 aliphatic carbocycles. The first-order valence-corrected chi connectivity index (χ1v) is 11.4. The standard InChI is InChI=1S/C23H15ClF3N5O2S/c24-16-3-2-14(17(9-16)23(25,26)27)11-32-18-4-1-13(7-15(18)10-30-32)8-19-21(33)31(22(34)35-19)12-20-28-5-6-29-20/h1-10H,11-12H2,(H,28,29)/b19-8-. The van der Waals surface area contributed by atoms with Crippen LogP contribution in [0.15, 0.2) is 59.9 Å². The summed E-state index contributed by atoms with van der Waals surface area (Å²) >= 11 is 6.60. The van der Waals surface area contributed by atoms with Gasteiger partial charge in [-0.3, -0.25) is 19.2 Å². The van der Waals surface area contributed by atoms with Crippen molar-refractivity contribution in [3.05, 3.63) is 87.4 Å². The number of nitrogens with one attached hydrogen (secondary N) is 1. The van der Waals surface area contributed by atoms with Gasteiger partial charge in [0, 0.05) is 22.8 Å². The highest BCUT2D eigenvalue weighted by atomic mass is 35.5. The zero-order valence-corrected chi connectivity index (χ0v) is 19.3. The summed E-state index contributed by atoms with van der Waals surface area (Å²) in [6.45, 7) is -0.0497. The molecule has 1 aliphatic heterocycles. The Morgan fingerprint density at radius 1 is 1.11 bits per heavy atom. The minimum atomic E-state index is -4.55. The number of carbonyl (C=O) groups is 2. The van der Waals surface area contributed by atoms with Crippen LogP contribution in [0, 0.1) is 0 Å². The summed E-state index contributed by atoms with van der Waals surface area (Å²) in [5.74, 6) is 0.0753. The zero-order valence-electron chi connectivity index (χ0n) is 17.7. The lowest BCUT2D eigenvalue weighted by atomic mass is 10.1. The maximum absolute atomic E-state index is 13.5. The number of hydrogen-bond donors (Lipinski definition) is 1. The molecule has 0 saturated carbocycles. The van der Waals surface area contributed by atoms with E-state index in [1.165, 1.54) is 23.0 Å². The van der Waals surface area contributed by atoms with Crippen LogP contribution in [0.25, 0.3) is 17.0 Å². The highest BCUT2D eigenvalue weighted by Crippen LogP contribution is 2.35. The molecule has 12 heteroatoms. The lowest BCUT2D eigenvalue weighted by Gasteiger charge is -2.14. The number of thioether (sulfide) groups is 1. The molecule has 0 bridgehead atoms. The monoisotopic (exact) mass is 517 g/mol. The summed E-state index contributed by atoms with van der Waals surface area (Å²) in [4.78, 5) is 33.3.